The Hall–Kier alpha value is -2.11. The second-order valence-electron chi connectivity index (χ2n) is 19.6. The SMILES string of the molecule is CCCCC/C=C\C/C=C\CCCCCCCC(=O)OCC(COC(=O)CCCCCCCCCCCCCCCCCC)OC(=O)CCCCCCCCCCCCCCCCCC. The fourth-order valence-corrected chi connectivity index (χ4v) is 8.59. The summed E-state index contributed by atoms with van der Waals surface area (Å²) in [6.45, 7) is 6.65. The number of unbranched alkanes of at least 4 members (excludes halogenated alkanes) is 38. The number of ether oxygens (including phenoxy) is 3. The van der Waals surface area contributed by atoms with Gasteiger partial charge < -0.3 is 14.2 Å². The molecule has 382 valence electrons. The van der Waals surface area contributed by atoms with Crippen LogP contribution in [0.1, 0.15) is 316 Å². The highest BCUT2D eigenvalue weighted by molar-refractivity contribution is 5.71. The van der Waals surface area contributed by atoms with Gasteiger partial charge in [0, 0.05) is 19.3 Å². The minimum atomic E-state index is -0.771. The van der Waals surface area contributed by atoms with E-state index in [9.17, 15) is 14.4 Å². The molecule has 6 heteroatoms. The Labute approximate surface area is 404 Å². The molecular weight excluding hydrogens is 805 g/mol. The van der Waals surface area contributed by atoms with E-state index in [4.69, 9.17) is 14.2 Å². The van der Waals surface area contributed by atoms with Gasteiger partial charge in [0.05, 0.1) is 0 Å². The molecule has 0 aromatic rings. The van der Waals surface area contributed by atoms with Crippen LogP contribution in [0, 0.1) is 0 Å². The lowest BCUT2D eigenvalue weighted by Crippen LogP contribution is -2.30. The van der Waals surface area contributed by atoms with Crippen LogP contribution in [0.15, 0.2) is 24.3 Å². The quantitative estimate of drug-likeness (QED) is 0.0262. The summed E-state index contributed by atoms with van der Waals surface area (Å²) in [5.74, 6) is -0.862. The molecule has 0 bridgehead atoms. The maximum Gasteiger partial charge on any atom is 0.306 e. The van der Waals surface area contributed by atoms with Gasteiger partial charge in [-0.25, -0.2) is 0 Å². The van der Waals surface area contributed by atoms with Crippen molar-refractivity contribution in [2.24, 2.45) is 0 Å². The second kappa shape index (κ2) is 54.5. The molecule has 1 atom stereocenters. The number of esters is 3. The van der Waals surface area contributed by atoms with Crippen LogP contribution in [-0.4, -0.2) is 37.2 Å². The van der Waals surface area contributed by atoms with E-state index in [-0.39, 0.29) is 31.1 Å². The predicted molar refractivity (Wildman–Crippen MR) is 279 cm³/mol. The zero-order valence-electron chi connectivity index (χ0n) is 43.8. The Morgan fingerprint density at radius 2 is 0.554 bits per heavy atom. The first-order valence-corrected chi connectivity index (χ1v) is 28.8. The zero-order valence-corrected chi connectivity index (χ0v) is 43.8. The van der Waals surface area contributed by atoms with Crippen LogP contribution in [-0.2, 0) is 28.6 Å². The Morgan fingerprint density at radius 1 is 0.308 bits per heavy atom. The largest absolute Gasteiger partial charge is 0.462 e. The van der Waals surface area contributed by atoms with E-state index in [0.717, 1.165) is 77.0 Å². The van der Waals surface area contributed by atoms with Crippen LogP contribution in [0.2, 0.25) is 0 Å². The summed E-state index contributed by atoms with van der Waals surface area (Å²) in [5, 5.41) is 0. The molecule has 0 radical (unpaired) electrons. The molecule has 0 aliphatic rings. The summed E-state index contributed by atoms with van der Waals surface area (Å²) in [7, 11) is 0. The van der Waals surface area contributed by atoms with Gasteiger partial charge in [-0.05, 0) is 51.4 Å². The van der Waals surface area contributed by atoms with Crippen LogP contribution in [0.25, 0.3) is 0 Å². The minimum Gasteiger partial charge on any atom is -0.462 e. The molecule has 0 heterocycles. The topological polar surface area (TPSA) is 78.9 Å². The summed E-state index contributed by atoms with van der Waals surface area (Å²) in [6, 6.07) is 0. The first-order chi connectivity index (χ1) is 32.0. The summed E-state index contributed by atoms with van der Waals surface area (Å²) in [6.07, 6.45) is 63.0. The van der Waals surface area contributed by atoms with Crippen LogP contribution in [0.3, 0.4) is 0 Å². The third-order valence-electron chi connectivity index (χ3n) is 13.0. The molecule has 6 nitrogen and oxygen atoms in total. The molecule has 65 heavy (non-hydrogen) atoms. The molecule has 0 aliphatic carbocycles. The molecule has 0 saturated heterocycles. The third-order valence-corrected chi connectivity index (χ3v) is 13.0. The van der Waals surface area contributed by atoms with Crippen LogP contribution >= 0.6 is 0 Å². The maximum absolute atomic E-state index is 12.8. The molecule has 0 N–H and O–H groups in total. The molecule has 1 unspecified atom stereocenters. The lowest BCUT2D eigenvalue weighted by molar-refractivity contribution is -0.167. The predicted octanol–water partition coefficient (Wildman–Crippen LogP) is 19.1. The standard InChI is InChI=1S/C59H110O6/c1-4-7-10-13-16-19-22-25-28-31-34-37-40-43-46-49-52-58(61)64-55-56(54-63-57(60)51-48-45-42-39-36-33-30-27-24-21-18-15-12-9-6-3)65-59(62)53-50-47-44-41-38-35-32-29-26-23-20-17-14-11-8-5-2/h18,21,27,30,56H,4-17,19-20,22-26,28-29,31-55H2,1-3H3/b21-18-,30-27-. The van der Waals surface area contributed by atoms with E-state index in [0.29, 0.717) is 19.3 Å². The fraction of sp³-hybridized carbons (Fsp3) is 0.881. The highest BCUT2D eigenvalue weighted by atomic mass is 16.6. The average Bonchev–Trinajstić information content (AvgIpc) is 3.30. The van der Waals surface area contributed by atoms with E-state index in [1.165, 1.54) is 199 Å². The number of carbonyl (C=O) groups excluding carboxylic acids is 3. The van der Waals surface area contributed by atoms with E-state index in [1.807, 2.05) is 0 Å². The third kappa shape index (κ3) is 52.7. The van der Waals surface area contributed by atoms with E-state index < -0.39 is 6.10 Å². The smallest absolute Gasteiger partial charge is 0.306 e. The Morgan fingerprint density at radius 3 is 0.877 bits per heavy atom. The van der Waals surface area contributed by atoms with Crippen LogP contribution in [0.4, 0.5) is 0 Å². The highest BCUT2D eigenvalue weighted by Crippen LogP contribution is 2.17. The van der Waals surface area contributed by atoms with E-state index in [2.05, 4.69) is 45.1 Å². The Balaban J connectivity index is 4.34. The molecule has 0 fully saturated rings. The first kappa shape index (κ1) is 62.9. The lowest BCUT2D eigenvalue weighted by Gasteiger charge is -2.18. The highest BCUT2D eigenvalue weighted by Gasteiger charge is 2.19. The number of carbonyl (C=O) groups is 3. The fourth-order valence-electron chi connectivity index (χ4n) is 8.59. The summed E-state index contributed by atoms with van der Waals surface area (Å²) >= 11 is 0. The molecule has 0 aliphatic heterocycles. The van der Waals surface area contributed by atoms with Gasteiger partial charge >= 0.3 is 17.9 Å². The zero-order chi connectivity index (χ0) is 47.2. The van der Waals surface area contributed by atoms with E-state index in [1.54, 1.807) is 0 Å². The molecule has 0 rings (SSSR count). The molecule has 0 saturated carbocycles. The minimum absolute atomic E-state index is 0.0701. The van der Waals surface area contributed by atoms with Gasteiger partial charge in [0.25, 0.3) is 0 Å². The van der Waals surface area contributed by atoms with Crippen molar-refractivity contribution < 1.29 is 28.6 Å². The lowest BCUT2D eigenvalue weighted by atomic mass is 10.0. The summed E-state index contributed by atoms with van der Waals surface area (Å²) < 4.78 is 16.9. The first-order valence-electron chi connectivity index (χ1n) is 28.8. The van der Waals surface area contributed by atoms with Gasteiger partial charge in [-0.2, -0.15) is 0 Å². The summed E-state index contributed by atoms with van der Waals surface area (Å²) in [4.78, 5) is 38.1. The second-order valence-corrected chi connectivity index (χ2v) is 19.6. The number of hydrogen-bond acceptors (Lipinski definition) is 6. The Bertz CT molecular complexity index is 1050. The van der Waals surface area contributed by atoms with Gasteiger partial charge in [-0.3, -0.25) is 14.4 Å². The number of allylic oxidation sites excluding steroid dienone is 4. The molecule has 0 aromatic carbocycles. The van der Waals surface area contributed by atoms with E-state index >= 15 is 0 Å². The van der Waals surface area contributed by atoms with Crippen molar-refractivity contribution in [3.8, 4) is 0 Å². The van der Waals surface area contributed by atoms with Crippen molar-refractivity contribution >= 4 is 17.9 Å². The normalized spacial score (nSPS) is 12.1. The molecule has 0 spiro atoms. The number of hydrogen-bond donors (Lipinski definition) is 0. The summed E-state index contributed by atoms with van der Waals surface area (Å²) in [5.41, 5.74) is 0. The van der Waals surface area contributed by atoms with Crippen LogP contribution < -0.4 is 0 Å². The molecular formula is C59H110O6. The van der Waals surface area contributed by atoms with Gasteiger partial charge in [-0.15, -0.1) is 0 Å². The average molecular weight is 916 g/mol. The Kier molecular flexibility index (Phi) is 52.7. The van der Waals surface area contributed by atoms with Gasteiger partial charge in [0.2, 0.25) is 0 Å². The van der Waals surface area contributed by atoms with Crippen molar-refractivity contribution in [2.75, 3.05) is 13.2 Å². The van der Waals surface area contributed by atoms with Gasteiger partial charge in [-0.1, -0.05) is 270 Å². The van der Waals surface area contributed by atoms with Crippen molar-refractivity contribution in [3.63, 3.8) is 0 Å². The maximum atomic E-state index is 12.8. The monoisotopic (exact) mass is 915 g/mol. The van der Waals surface area contributed by atoms with Gasteiger partial charge in [0.15, 0.2) is 6.10 Å². The van der Waals surface area contributed by atoms with Crippen molar-refractivity contribution in [1.29, 1.82) is 0 Å². The number of rotatable bonds is 53. The van der Waals surface area contributed by atoms with Crippen LogP contribution in [0.5, 0.6) is 0 Å². The van der Waals surface area contributed by atoms with Crippen molar-refractivity contribution in [1.82, 2.24) is 0 Å². The molecule has 0 amide bonds. The van der Waals surface area contributed by atoms with Crippen molar-refractivity contribution in [3.05, 3.63) is 24.3 Å². The van der Waals surface area contributed by atoms with Gasteiger partial charge in [0.1, 0.15) is 13.2 Å². The molecule has 0 aromatic heterocycles. The van der Waals surface area contributed by atoms with Crippen molar-refractivity contribution in [2.45, 2.75) is 322 Å².